The van der Waals surface area contributed by atoms with E-state index in [2.05, 4.69) is 15.3 Å². The Labute approximate surface area is 122 Å². The molecule has 3 N–H and O–H groups in total. The van der Waals surface area contributed by atoms with Crippen LogP contribution in [0.3, 0.4) is 0 Å². The number of nitrogens with two attached hydrogens (primary N) is 1. The summed E-state index contributed by atoms with van der Waals surface area (Å²) in [5.74, 6) is -0.207. The van der Waals surface area contributed by atoms with Crippen LogP contribution in [0.2, 0.25) is 0 Å². The first-order valence-corrected chi connectivity index (χ1v) is 7.38. The van der Waals surface area contributed by atoms with E-state index in [1.165, 1.54) is 11.3 Å². The van der Waals surface area contributed by atoms with Crippen molar-refractivity contribution in [2.45, 2.75) is 32.2 Å². The van der Waals surface area contributed by atoms with E-state index in [0.717, 1.165) is 17.8 Å². The maximum absolute atomic E-state index is 12.1. The fraction of sp³-hybridized carbons (Fsp3) is 0.357. The fourth-order valence-corrected chi connectivity index (χ4v) is 2.54. The third-order valence-corrected chi connectivity index (χ3v) is 3.70. The van der Waals surface area contributed by atoms with Crippen molar-refractivity contribution in [3.63, 3.8) is 0 Å². The van der Waals surface area contributed by atoms with E-state index < -0.39 is 5.54 Å². The lowest BCUT2D eigenvalue weighted by atomic mass is 9.97. The van der Waals surface area contributed by atoms with Gasteiger partial charge in [-0.2, -0.15) is 0 Å². The summed E-state index contributed by atoms with van der Waals surface area (Å²) < 4.78 is 0. The number of pyridine rings is 1. The SMILES string of the molecule is CCCC(C)(N)C(=O)Nc1nc(-c2ccccn2)cs1. The van der Waals surface area contributed by atoms with Gasteiger partial charge in [-0.05, 0) is 25.5 Å². The first-order chi connectivity index (χ1) is 9.53. The largest absolute Gasteiger partial charge is 0.318 e. The highest BCUT2D eigenvalue weighted by Gasteiger charge is 2.27. The van der Waals surface area contributed by atoms with Gasteiger partial charge in [0.2, 0.25) is 5.91 Å². The lowest BCUT2D eigenvalue weighted by Gasteiger charge is -2.21. The van der Waals surface area contributed by atoms with Gasteiger partial charge in [0.05, 0.1) is 11.2 Å². The minimum absolute atomic E-state index is 0.207. The summed E-state index contributed by atoms with van der Waals surface area (Å²) in [6, 6.07) is 5.63. The first kappa shape index (κ1) is 14.6. The van der Waals surface area contributed by atoms with Crippen LogP contribution in [-0.4, -0.2) is 21.4 Å². The zero-order valence-corrected chi connectivity index (χ0v) is 12.4. The van der Waals surface area contributed by atoms with Crippen molar-refractivity contribution < 1.29 is 4.79 Å². The van der Waals surface area contributed by atoms with Gasteiger partial charge in [-0.3, -0.25) is 9.78 Å². The molecule has 0 aliphatic carbocycles. The van der Waals surface area contributed by atoms with Gasteiger partial charge in [0.1, 0.15) is 5.69 Å². The molecule has 2 aromatic heterocycles. The molecular formula is C14H18N4OS. The molecule has 5 nitrogen and oxygen atoms in total. The second kappa shape index (κ2) is 6.11. The molecule has 2 aromatic rings. The van der Waals surface area contributed by atoms with Crippen molar-refractivity contribution in [1.29, 1.82) is 0 Å². The van der Waals surface area contributed by atoms with Gasteiger partial charge in [0.15, 0.2) is 5.13 Å². The van der Waals surface area contributed by atoms with Crippen molar-refractivity contribution in [2.75, 3.05) is 5.32 Å². The maximum Gasteiger partial charge on any atom is 0.245 e. The van der Waals surface area contributed by atoms with E-state index >= 15 is 0 Å². The van der Waals surface area contributed by atoms with Crippen LogP contribution in [-0.2, 0) is 4.79 Å². The molecule has 6 heteroatoms. The van der Waals surface area contributed by atoms with Gasteiger partial charge in [-0.15, -0.1) is 11.3 Å². The van der Waals surface area contributed by atoms with Crippen molar-refractivity contribution in [1.82, 2.24) is 9.97 Å². The van der Waals surface area contributed by atoms with Crippen LogP contribution in [0.15, 0.2) is 29.8 Å². The number of hydrogen-bond acceptors (Lipinski definition) is 5. The lowest BCUT2D eigenvalue weighted by molar-refractivity contribution is -0.120. The van der Waals surface area contributed by atoms with E-state index in [-0.39, 0.29) is 5.91 Å². The van der Waals surface area contributed by atoms with Crippen LogP contribution in [0.25, 0.3) is 11.4 Å². The Kier molecular flexibility index (Phi) is 4.46. The Bertz CT molecular complexity index is 580. The Morgan fingerprint density at radius 1 is 1.45 bits per heavy atom. The molecule has 0 fully saturated rings. The Morgan fingerprint density at radius 3 is 2.90 bits per heavy atom. The number of rotatable bonds is 5. The van der Waals surface area contributed by atoms with E-state index in [1.54, 1.807) is 13.1 Å². The van der Waals surface area contributed by atoms with Crippen molar-refractivity contribution in [3.05, 3.63) is 29.8 Å². The number of nitrogens with one attached hydrogen (secondary N) is 1. The van der Waals surface area contributed by atoms with Gasteiger partial charge in [0, 0.05) is 11.6 Å². The molecule has 0 saturated heterocycles. The van der Waals surface area contributed by atoms with Crippen LogP contribution in [0, 0.1) is 0 Å². The van der Waals surface area contributed by atoms with Crippen LogP contribution in [0.1, 0.15) is 26.7 Å². The van der Waals surface area contributed by atoms with Crippen LogP contribution < -0.4 is 11.1 Å². The Morgan fingerprint density at radius 2 is 2.25 bits per heavy atom. The minimum atomic E-state index is -0.869. The number of aromatic nitrogens is 2. The molecule has 0 aromatic carbocycles. The molecule has 1 atom stereocenters. The molecule has 2 heterocycles. The summed E-state index contributed by atoms with van der Waals surface area (Å²) in [7, 11) is 0. The highest BCUT2D eigenvalue weighted by atomic mass is 32.1. The molecule has 1 amide bonds. The molecule has 106 valence electrons. The predicted octanol–water partition coefficient (Wildman–Crippen LogP) is 2.66. The summed E-state index contributed by atoms with van der Waals surface area (Å²) in [6.07, 6.45) is 3.21. The zero-order chi connectivity index (χ0) is 14.6. The number of thiazole rings is 1. The third-order valence-electron chi connectivity index (χ3n) is 2.94. The summed E-state index contributed by atoms with van der Waals surface area (Å²) in [4.78, 5) is 20.7. The summed E-state index contributed by atoms with van der Waals surface area (Å²) in [5, 5.41) is 5.18. The highest BCUT2D eigenvalue weighted by Crippen LogP contribution is 2.24. The fourth-order valence-electron chi connectivity index (χ4n) is 1.84. The molecule has 0 bridgehead atoms. The number of anilines is 1. The summed E-state index contributed by atoms with van der Waals surface area (Å²) in [6.45, 7) is 3.74. The molecule has 2 rings (SSSR count). The number of carbonyl (C=O) groups is 1. The van der Waals surface area contributed by atoms with Crippen molar-refractivity contribution in [3.8, 4) is 11.4 Å². The van der Waals surface area contributed by atoms with E-state index in [4.69, 9.17) is 5.73 Å². The zero-order valence-electron chi connectivity index (χ0n) is 11.6. The number of amides is 1. The molecule has 0 saturated carbocycles. The monoisotopic (exact) mass is 290 g/mol. The van der Waals surface area contributed by atoms with Gasteiger partial charge >= 0.3 is 0 Å². The standard InChI is InChI=1S/C14H18N4OS/c1-3-7-14(2,15)12(19)18-13-17-11(9-20-13)10-6-4-5-8-16-10/h4-6,8-9H,3,7,15H2,1-2H3,(H,17,18,19). The molecule has 0 radical (unpaired) electrons. The van der Waals surface area contributed by atoms with Gasteiger partial charge in [0.25, 0.3) is 0 Å². The Balaban J connectivity index is 2.09. The van der Waals surface area contributed by atoms with Gasteiger partial charge in [-0.25, -0.2) is 4.98 Å². The highest BCUT2D eigenvalue weighted by molar-refractivity contribution is 7.14. The summed E-state index contributed by atoms with van der Waals surface area (Å²) in [5.41, 5.74) is 6.66. The van der Waals surface area contributed by atoms with Crippen molar-refractivity contribution >= 4 is 22.4 Å². The second-order valence-corrected chi connectivity index (χ2v) is 5.73. The first-order valence-electron chi connectivity index (χ1n) is 6.50. The normalized spacial score (nSPS) is 13.8. The van der Waals surface area contributed by atoms with Gasteiger partial charge in [-0.1, -0.05) is 19.4 Å². The van der Waals surface area contributed by atoms with E-state index in [0.29, 0.717) is 11.6 Å². The molecule has 0 aliphatic heterocycles. The van der Waals surface area contributed by atoms with E-state index in [1.807, 2.05) is 30.5 Å². The van der Waals surface area contributed by atoms with Crippen LogP contribution in [0.5, 0.6) is 0 Å². The topological polar surface area (TPSA) is 80.9 Å². The third kappa shape index (κ3) is 3.40. The van der Waals surface area contributed by atoms with Crippen LogP contribution in [0.4, 0.5) is 5.13 Å². The minimum Gasteiger partial charge on any atom is -0.318 e. The predicted molar refractivity (Wildman–Crippen MR) is 81.5 cm³/mol. The van der Waals surface area contributed by atoms with Crippen LogP contribution >= 0.6 is 11.3 Å². The molecule has 0 spiro atoms. The summed E-state index contributed by atoms with van der Waals surface area (Å²) >= 11 is 1.37. The van der Waals surface area contributed by atoms with E-state index in [9.17, 15) is 4.79 Å². The maximum atomic E-state index is 12.1. The lowest BCUT2D eigenvalue weighted by Crippen LogP contribution is -2.48. The number of hydrogen-bond donors (Lipinski definition) is 2. The average molecular weight is 290 g/mol. The Hall–Kier alpha value is -1.79. The molecule has 20 heavy (non-hydrogen) atoms. The quantitative estimate of drug-likeness (QED) is 0.887. The molecular weight excluding hydrogens is 272 g/mol. The smallest absolute Gasteiger partial charge is 0.245 e. The second-order valence-electron chi connectivity index (χ2n) is 4.87. The van der Waals surface area contributed by atoms with Crippen molar-refractivity contribution in [2.24, 2.45) is 5.73 Å². The molecule has 1 unspecified atom stereocenters. The van der Waals surface area contributed by atoms with Gasteiger partial charge < -0.3 is 11.1 Å². The molecule has 0 aliphatic rings. The number of nitrogens with zero attached hydrogens (tertiary/aromatic N) is 2. The average Bonchev–Trinajstić information content (AvgIpc) is 2.88. The number of carbonyl (C=O) groups excluding carboxylic acids is 1.